The largest absolute Gasteiger partial charge is 0.276 e. The first-order chi connectivity index (χ1) is 18.8. The zero-order chi connectivity index (χ0) is 25.1. The fourth-order valence-electron chi connectivity index (χ4n) is 5.37. The first kappa shape index (κ1) is 20.9. The predicted octanol–water partition coefficient (Wildman–Crippen LogP) is 7.71. The summed E-state index contributed by atoms with van der Waals surface area (Å²) in [4.78, 5) is 14.7. The Morgan fingerprint density at radius 1 is 0.447 bits per heavy atom. The van der Waals surface area contributed by atoms with E-state index in [0.29, 0.717) is 0 Å². The molecule has 0 aliphatic carbocycles. The van der Waals surface area contributed by atoms with Gasteiger partial charge in [-0.05, 0) is 64.7 Å². The second kappa shape index (κ2) is 8.11. The highest BCUT2D eigenvalue weighted by molar-refractivity contribution is 5.94. The quantitative estimate of drug-likeness (QED) is 0.256. The highest BCUT2D eigenvalue weighted by Gasteiger charge is 2.19. The number of para-hydroxylation sites is 4. The molecule has 0 atom stereocenters. The van der Waals surface area contributed by atoms with Crippen molar-refractivity contribution in [1.29, 1.82) is 0 Å². The van der Waals surface area contributed by atoms with Crippen LogP contribution >= 0.6 is 0 Å². The molecule has 0 fully saturated rings. The molecule has 3 heterocycles. The summed E-state index contributed by atoms with van der Waals surface area (Å²) in [5, 5.41) is 0. The number of aromatic nitrogens is 5. The van der Waals surface area contributed by atoms with Gasteiger partial charge in [0.2, 0.25) is 5.78 Å². The Kier molecular flexibility index (Phi) is 4.45. The first-order valence-electron chi connectivity index (χ1n) is 12.6. The summed E-state index contributed by atoms with van der Waals surface area (Å²) in [6.45, 7) is 0. The number of nitrogens with zero attached hydrogens (tertiary/aromatic N) is 5. The maximum absolute atomic E-state index is 5.02. The van der Waals surface area contributed by atoms with E-state index >= 15 is 0 Å². The van der Waals surface area contributed by atoms with E-state index < -0.39 is 0 Å². The molecule has 5 heteroatoms. The minimum absolute atomic E-state index is 0.748. The standard InChI is InChI=1S/C33H21N5/c1-2-9-22(10-3-1)23-11-8-12-24(19-23)25-17-18-30-31(20-25)37-29-16-7-6-15-28(29)36-33(37)38(30)32-21-34-26-13-4-5-14-27(26)35-32/h1-21H. The molecule has 0 amide bonds. The first-order valence-corrected chi connectivity index (χ1v) is 12.6. The van der Waals surface area contributed by atoms with Gasteiger partial charge in [-0.25, -0.2) is 9.97 Å². The summed E-state index contributed by atoms with van der Waals surface area (Å²) in [5.41, 5.74) is 10.6. The molecule has 5 nitrogen and oxygen atoms in total. The van der Waals surface area contributed by atoms with Crippen molar-refractivity contribution in [2.45, 2.75) is 0 Å². The summed E-state index contributed by atoms with van der Waals surface area (Å²) in [5.74, 6) is 1.57. The lowest BCUT2D eigenvalue weighted by Crippen LogP contribution is -2.00. The molecule has 8 aromatic rings. The molecular weight excluding hydrogens is 466 g/mol. The lowest BCUT2D eigenvalue weighted by atomic mass is 9.99. The molecule has 0 saturated heterocycles. The zero-order valence-corrected chi connectivity index (χ0v) is 20.4. The van der Waals surface area contributed by atoms with E-state index in [9.17, 15) is 0 Å². The van der Waals surface area contributed by atoms with E-state index in [1.54, 1.807) is 0 Å². The molecule has 0 aliphatic heterocycles. The van der Waals surface area contributed by atoms with Gasteiger partial charge in [-0.3, -0.25) is 14.0 Å². The van der Waals surface area contributed by atoms with Crippen molar-refractivity contribution >= 4 is 38.9 Å². The number of rotatable bonds is 3. The van der Waals surface area contributed by atoms with Gasteiger partial charge in [0, 0.05) is 0 Å². The van der Waals surface area contributed by atoms with Crippen LogP contribution in [0.25, 0.3) is 66.9 Å². The lowest BCUT2D eigenvalue weighted by molar-refractivity contribution is 1.04. The number of benzene rings is 5. The van der Waals surface area contributed by atoms with Gasteiger partial charge in [-0.2, -0.15) is 0 Å². The van der Waals surface area contributed by atoms with Crippen LogP contribution in [0.3, 0.4) is 0 Å². The average molecular weight is 488 g/mol. The second-order valence-electron chi connectivity index (χ2n) is 9.44. The van der Waals surface area contributed by atoms with Gasteiger partial charge >= 0.3 is 0 Å². The maximum atomic E-state index is 5.02. The third-order valence-corrected chi connectivity index (χ3v) is 7.17. The van der Waals surface area contributed by atoms with Crippen LogP contribution in [0.4, 0.5) is 0 Å². The van der Waals surface area contributed by atoms with Crippen LogP contribution < -0.4 is 0 Å². The maximum Gasteiger partial charge on any atom is 0.221 e. The Morgan fingerprint density at radius 2 is 1.13 bits per heavy atom. The third-order valence-electron chi connectivity index (χ3n) is 7.17. The smallest absolute Gasteiger partial charge is 0.221 e. The number of hydrogen-bond donors (Lipinski definition) is 0. The van der Waals surface area contributed by atoms with Gasteiger partial charge in [0.25, 0.3) is 0 Å². The second-order valence-corrected chi connectivity index (χ2v) is 9.44. The molecule has 178 valence electrons. The van der Waals surface area contributed by atoms with Crippen molar-refractivity contribution in [2.24, 2.45) is 0 Å². The van der Waals surface area contributed by atoms with Gasteiger partial charge in [-0.15, -0.1) is 0 Å². The average Bonchev–Trinajstić information content (AvgIpc) is 3.51. The van der Waals surface area contributed by atoms with Crippen LogP contribution in [0.15, 0.2) is 128 Å². The van der Waals surface area contributed by atoms with Crippen LogP contribution in [0.2, 0.25) is 0 Å². The van der Waals surface area contributed by atoms with Gasteiger partial charge in [0.1, 0.15) is 0 Å². The lowest BCUT2D eigenvalue weighted by Gasteiger charge is -2.08. The molecule has 3 aromatic heterocycles. The minimum Gasteiger partial charge on any atom is -0.276 e. The van der Waals surface area contributed by atoms with Crippen molar-refractivity contribution in [1.82, 2.24) is 23.9 Å². The van der Waals surface area contributed by atoms with Gasteiger partial charge in [0.15, 0.2) is 5.82 Å². The summed E-state index contributed by atoms with van der Waals surface area (Å²) in [7, 11) is 0. The molecule has 0 spiro atoms. The fraction of sp³-hybridized carbons (Fsp3) is 0. The van der Waals surface area contributed by atoms with Crippen LogP contribution in [0, 0.1) is 0 Å². The Bertz CT molecular complexity index is 2140. The molecule has 0 unspecified atom stereocenters. The Balaban J connectivity index is 1.39. The Morgan fingerprint density at radius 3 is 2.00 bits per heavy atom. The highest BCUT2D eigenvalue weighted by Crippen LogP contribution is 2.33. The molecule has 0 saturated carbocycles. The molecule has 0 N–H and O–H groups in total. The third kappa shape index (κ3) is 3.15. The number of hydrogen-bond acceptors (Lipinski definition) is 3. The minimum atomic E-state index is 0.748. The number of imidazole rings is 2. The predicted molar refractivity (Wildman–Crippen MR) is 153 cm³/mol. The zero-order valence-electron chi connectivity index (χ0n) is 20.4. The molecule has 5 aromatic carbocycles. The van der Waals surface area contributed by atoms with E-state index in [-0.39, 0.29) is 0 Å². The molecule has 8 rings (SSSR count). The van der Waals surface area contributed by atoms with Crippen LogP contribution in [-0.4, -0.2) is 23.9 Å². The van der Waals surface area contributed by atoms with Crippen LogP contribution in [-0.2, 0) is 0 Å². The summed E-state index contributed by atoms with van der Waals surface area (Å²) >= 11 is 0. The molecule has 0 radical (unpaired) electrons. The van der Waals surface area contributed by atoms with E-state index in [1.165, 1.54) is 16.7 Å². The van der Waals surface area contributed by atoms with Crippen LogP contribution in [0.5, 0.6) is 0 Å². The van der Waals surface area contributed by atoms with Crippen molar-refractivity contribution < 1.29 is 0 Å². The monoisotopic (exact) mass is 487 g/mol. The topological polar surface area (TPSA) is 48.0 Å². The highest BCUT2D eigenvalue weighted by atomic mass is 15.2. The van der Waals surface area contributed by atoms with Gasteiger partial charge in [0.05, 0.1) is 39.3 Å². The summed E-state index contributed by atoms with van der Waals surface area (Å²) < 4.78 is 4.34. The van der Waals surface area contributed by atoms with Crippen molar-refractivity contribution in [2.75, 3.05) is 0 Å². The normalized spacial score (nSPS) is 11.7. The fourth-order valence-corrected chi connectivity index (χ4v) is 5.37. The van der Waals surface area contributed by atoms with Crippen molar-refractivity contribution in [3.8, 4) is 28.1 Å². The van der Waals surface area contributed by atoms with E-state index in [4.69, 9.17) is 9.97 Å². The Labute approximate surface area is 218 Å². The SMILES string of the molecule is c1ccc(-c2cccc(-c3ccc4c(c3)n3c5ccccc5nc3n4-c3cnc4ccccc4n3)c2)cc1. The molecule has 38 heavy (non-hydrogen) atoms. The van der Waals surface area contributed by atoms with Gasteiger partial charge in [-0.1, -0.05) is 78.9 Å². The molecule has 0 aliphatic rings. The summed E-state index contributed by atoms with van der Waals surface area (Å²) in [6.07, 6.45) is 1.83. The molecule has 0 bridgehead atoms. The van der Waals surface area contributed by atoms with Crippen LogP contribution in [0.1, 0.15) is 0 Å². The van der Waals surface area contributed by atoms with E-state index in [0.717, 1.165) is 50.3 Å². The number of fused-ring (bicyclic) bond motifs is 6. The van der Waals surface area contributed by atoms with Crippen molar-refractivity contribution in [3.05, 3.63) is 128 Å². The van der Waals surface area contributed by atoms with Gasteiger partial charge < -0.3 is 0 Å². The van der Waals surface area contributed by atoms with E-state index in [1.807, 2.05) is 42.6 Å². The Hall–Kier alpha value is -5.29. The summed E-state index contributed by atoms with van der Waals surface area (Å²) in [6, 6.07) is 42.0. The van der Waals surface area contributed by atoms with Crippen molar-refractivity contribution in [3.63, 3.8) is 0 Å². The molecular formula is C33H21N5. The van der Waals surface area contributed by atoms with E-state index in [2.05, 4.69) is 98.9 Å².